The van der Waals surface area contributed by atoms with E-state index in [1.165, 1.54) is 0 Å². The van der Waals surface area contributed by atoms with Crippen LogP contribution in [0.5, 0.6) is 0 Å². The van der Waals surface area contributed by atoms with Gasteiger partial charge in [-0.2, -0.15) is 0 Å². The van der Waals surface area contributed by atoms with Gasteiger partial charge in [-0.1, -0.05) is 55.8 Å². The monoisotopic (exact) mass is 234 g/mol. The molecule has 0 spiro atoms. The summed E-state index contributed by atoms with van der Waals surface area (Å²) < 4.78 is 0. The normalized spacial score (nSPS) is 10.9. The molecule has 2 N–H and O–H groups in total. The van der Waals surface area contributed by atoms with Crippen molar-refractivity contribution >= 4 is 16.5 Å². The molecule has 72 valence electrons. The zero-order valence-electron chi connectivity index (χ0n) is 8.32. The molecule has 0 radical (unpaired) electrons. The summed E-state index contributed by atoms with van der Waals surface area (Å²) in [5, 5.41) is 14.2. The van der Waals surface area contributed by atoms with Gasteiger partial charge in [-0.05, 0) is 0 Å². The molecule has 0 saturated carbocycles. The standard InChI is InChI=1S/2C3H10NSi.Ni/c2*1-5(2,3)4;/h2*4H,1-3H3;/q2*-1;+2. The van der Waals surface area contributed by atoms with Crippen molar-refractivity contribution in [3.05, 3.63) is 10.8 Å². The van der Waals surface area contributed by atoms with Gasteiger partial charge in [-0.3, -0.25) is 0 Å². The van der Waals surface area contributed by atoms with E-state index in [0.29, 0.717) is 0 Å². The topological polar surface area (TPSA) is 47.6 Å². The van der Waals surface area contributed by atoms with Crippen molar-refractivity contribution in [3.63, 3.8) is 0 Å². The quantitative estimate of drug-likeness (QED) is 0.574. The van der Waals surface area contributed by atoms with E-state index in [-0.39, 0.29) is 16.5 Å². The summed E-state index contributed by atoms with van der Waals surface area (Å²) in [5.74, 6) is 0. The molecule has 2 nitrogen and oxygen atoms in total. The minimum Gasteiger partial charge on any atom is -0.680 e. The van der Waals surface area contributed by atoms with Gasteiger partial charge in [0, 0.05) is 0 Å². The van der Waals surface area contributed by atoms with E-state index in [2.05, 4.69) is 0 Å². The van der Waals surface area contributed by atoms with E-state index in [1.807, 2.05) is 39.3 Å². The molecular formula is C6H20N2NiSi2. The Labute approximate surface area is 83.2 Å². The average Bonchev–Trinajstić information content (AvgIpc) is 1.12. The zero-order chi connectivity index (χ0) is 9.00. The van der Waals surface area contributed by atoms with E-state index in [1.54, 1.807) is 0 Å². The minimum absolute atomic E-state index is 0. The summed E-state index contributed by atoms with van der Waals surface area (Å²) in [7, 11) is -2.72. The van der Waals surface area contributed by atoms with Crippen LogP contribution >= 0.6 is 0 Å². The first kappa shape index (κ1) is 17.8. The van der Waals surface area contributed by atoms with Gasteiger partial charge >= 0.3 is 16.5 Å². The minimum atomic E-state index is -1.36. The Hall–Kier alpha value is 0.847. The van der Waals surface area contributed by atoms with Crippen molar-refractivity contribution in [2.75, 3.05) is 0 Å². The van der Waals surface area contributed by atoms with E-state index in [9.17, 15) is 0 Å². The fraction of sp³-hybridized carbons (Fsp3) is 1.00. The second-order valence-electron chi connectivity index (χ2n) is 4.50. The fourth-order valence-corrected chi connectivity index (χ4v) is 0. The van der Waals surface area contributed by atoms with Crippen LogP contribution in [0.4, 0.5) is 0 Å². The van der Waals surface area contributed by atoms with Crippen LogP contribution in [0.1, 0.15) is 0 Å². The smallest absolute Gasteiger partial charge is 0.680 e. The van der Waals surface area contributed by atoms with Gasteiger partial charge in [0.2, 0.25) is 0 Å². The van der Waals surface area contributed by atoms with Crippen LogP contribution in [0.2, 0.25) is 39.3 Å². The number of nitrogens with one attached hydrogen (secondary N) is 2. The SMILES string of the molecule is C[Si](C)(C)[NH-].C[Si](C)(C)[NH-].[Ni+2]. The van der Waals surface area contributed by atoms with Crippen molar-refractivity contribution in [2.24, 2.45) is 0 Å². The Morgan fingerprint density at radius 2 is 0.636 bits per heavy atom. The maximum atomic E-state index is 7.08. The molecule has 0 unspecified atom stereocenters. The van der Waals surface area contributed by atoms with Gasteiger partial charge in [0.1, 0.15) is 0 Å². The molecule has 0 atom stereocenters. The molecule has 0 aliphatic rings. The molecule has 0 aliphatic heterocycles. The van der Waals surface area contributed by atoms with Gasteiger partial charge in [0.15, 0.2) is 0 Å². The third-order valence-corrected chi connectivity index (χ3v) is 0. The molecule has 0 amide bonds. The summed E-state index contributed by atoms with van der Waals surface area (Å²) in [6, 6.07) is 0. The van der Waals surface area contributed by atoms with Crippen molar-refractivity contribution in [3.8, 4) is 0 Å². The van der Waals surface area contributed by atoms with Crippen LogP contribution in [0, 0.1) is 0 Å². The average molecular weight is 235 g/mol. The summed E-state index contributed by atoms with van der Waals surface area (Å²) in [5.41, 5.74) is 0. The molecule has 0 bridgehead atoms. The largest absolute Gasteiger partial charge is 2.00 e. The molecule has 0 fully saturated rings. The first-order chi connectivity index (χ1) is 4.00. The Morgan fingerprint density at radius 1 is 0.636 bits per heavy atom. The van der Waals surface area contributed by atoms with Crippen LogP contribution in [-0.4, -0.2) is 16.5 Å². The van der Waals surface area contributed by atoms with Crippen LogP contribution in [0.25, 0.3) is 10.8 Å². The van der Waals surface area contributed by atoms with Crippen LogP contribution in [0.3, 0.4) is 0 Å². The Kier molecular flexibility index (Phi) is 10.3. The summed E-state index contributed by atoms with van der Waals surface area (Å²) in [6.45, 7) is 12.0. The van der Waals surface area contributed by atoms with Gasteiger partial charge in [0.05, 0.1) is 0 Å². The first-order valence-corrected chi connectivity index (χ1v) is 10.5. The van der Waals surface area contributed by atoms with E-state index >= 15 is 0 Å². The fourth-order valence-electron chi connectivity index (χ4n) is 0. The first-order valence-electron chi connectivity index (χ1n) is 3.50. The number of hydrogen-bond acceptors (Lipinski definition) is 0. The van der Waals surface area contributed by atoms with E-state index < -0.39 is 16.5 Å². The summed E-state index contributed by atoms with van der Waals surface area (Å²) in [6.07, 6.45) is 0. The zero-order valence-corrected chi connectivity index (χ0v) is 11.3. The van der Waals surface area contributed by atoms with Crippen molar-refractivity contribution in [1.82, 2.24) is 0 Å². The van der Waals surface area contributed by atoms with Crippen molar-refractivity contribution in [1.29, 1.82) is 0 Å². The Balaban J connectivity index is -0.000000107. The second kappa shape index (κ2) is 6.37. The molecule has 0 aromatic rings. The molecule has 0 heterocycles. The van der Waals surface area contributed by atoms with Gasteiger partial charge in [-0.15, -0.1) is 0 Å². The summed E-state index contributed by atoms with van der Waals surface area (Å²) >= 11 is 0. The van der Waals surface area contributed by atoms with E-state index in [4.69, 9.17) is 10.8 Å². The molecule has 0 aliphatic carbocycles. The molecular weight excluding hydrogens is 215 g/mol. The number of hydrogen-bond donors (Lipinski definition) is 0. The van der Waals surface area contributed by atoms with Gasteiger partial charge in [0.25, 0.3) is 0 Å². The maximum Gasteiger partial charge on any atom is 2.00 e. The molecule has 11 heavy (non-hydrogen) atoms. The van der Waals surface area contributed by atoms with E-state index in [0.717, 1.165) is 0 Å². The third-order valence-electron chi connectivity index (χ3n) is 0. The molecule has 0 rings (SSSR count). The van der Waals surface area contributed by atoms with Crippen LogP contribution in [-0.2, 0) is 16.5 Å². The molecule has 0 aromatic heterocycles. The third kappa shape index (κ3) is 1180. The number of rotatable bonds is 0. The second-order valence-corrected chi connectivity index (χ2v) is 13.5. The van der Waals surface area contributed by atoms with Gasteiger partial charge < -0.3 is 10.8 Å². The van der Waals surface area contributed by atoms with Crippen LogP contribution in [0.15, 0.2) is 0 Å². The van der Waals surface area contributed by atoms with Crippen molar-refractivity contribution < 1.29 is 16.5 Å². The molecule has 5 heteroatoms. The molecule has 0 saturated heterocycles. The predicted octanol–water partition coefficient (Wildman–Crippen LogP) is 3.74. The Morgan fingerprint density at radius 3 is 0.636 bits per heavy atom. The maximum absolute atomic E-state index is 7.08. The Bertz CT molecular complexity index is 61.6. The van der Waals surface area contributed by atoms with Crippen LogP contribution < -0.4 is 0 Å². The molecule has 0 aromatic carbocycles. The van der Waals surface area contributed by atoms with Gasteiger partial charge in [-0.25, -0.2) is 0 Å². The van der Waals surface area contributed by atoms with Crippen molar-refractivity contribution in [2.45, 2.75) is 39.3 Å². The predicted molar refractivity (Wildman–Crippen MR) is 55.3 cm³/mol. The summed E-state index contributed by atoms with van der Waals surface area (Å²) in [4.78, 5) is 0.